The van der Waals surface area contributed by atoms with Crippen molar-refractivity contribution in [3.05, 3.63) is 0 Å². The summed E-state index contributed by atoms with van der Waals surface area (Å²) in [6, 6.07) is 0. The number of carbonyl (C=O) groups is 1. The monoisotopic (exact) mass is 224 g/mol. The summed E-state index contributed by atoms with van der Waals surface area (Å²) in [7, 11) is 0. The fourth-order valence-corrected chi connectivity index (χ4v) is 2.82. The molecule has 0 aromatic carbocycles. The lowest BCUT2D eigenvalue weighted by Crippen LogP contribution is -2.22. The Bertz CT molecular complexity index is 199. The lowest BCUT2D eigenvalue weighted by atomic mass is 9.77. The summed E-state index contributed by atoms with van der Waals surface area (Å²) in [4.78, 5) is 12.0. The third-order valence-corrected chi connectivity index (χ3v) is 3.97. The molecule has 0 bridgehead atoms. The quantitative estimate of drug-likeness (QED) is 0.644. The maximum atomic E-state index is 12.0. The van der Waals surface area contributed by atoms with Gasteiger partial charge >= 0.3 is 0 Å². The standard InChI is InChI=1S/C15H28O/c1-4-5-13-7-9-14(10-8-13)15(16)11-6-12(2)3/h12-14H,4-11H2,1-3H3. The van der Waals surface area contributed by atoms with Gasteiger partial charge in [0, 0.05) is 12.3 Å². The average molecular weight is 224 g/mol. The molecule has 1 heteroatoms. The number of hydrogen-bond donors (Lipinski definition) is 0. The van der Waals surface area contributed by atoms with Gasteiger partial charge < -0.3 is 0 Å². The zero-order chi connectivity index (χ0) is 12.0. The van der Waals surface area contributed by atoms with Crippen molar-refractivity contribution in [1.82, 2.24) is 0 Å². The summed E-state index contributed by atoms with van der Waals surface area (Å²) in [6.45, 7) is 6.66. The molecule has 0 unspecified atom stereocenters. The van der Waals surface area contributed by atoms with Crippen LogP contribution in [0.25, 0.3) is 0 Å². The Hall–Kier alpha value is -0.330. The summed E-state index contributed by atoms with van der Waals surface area (Å²) in [5.74, 6) is 2.54. The van der Waals surface area contributed by atoms with E-state index in [0.29, 0.717) is 17.6 Å². The van der Waals surface area contributed by atoms with Crippen LogP contribution in [0.3, 0.4) is 0 Å². The molecular weight excluding hydrogens is 196 g/mol. The molecule has 16 heavy (non-hydrogen) atoms. The maximum Gasteiger partial charge on any atom is 0.135 e. The van der Waals surface area contributed by atoms with Crippen molar-refractivity contribution in [3.63, 3.8) is 0 Å². The van der Waals surface area contributed by atoms with Gasteiger partial charge in [0.05, 0.1) is 0 Å². The molecular formula is C15H28O. The van der Waals surface area contributed by atoms with Crippen LogP contribution >= 0.6 is 0 Å². The number of rotatable bonds is 6. The highest BCUT2D eigenvalue weighted by atomic mass is 16.1. The molecule has 0 heterocycles. The zero-order valence-corrected chi connectivity index (χ0v) is 11.3. The van der Waals surface area contributed by atoms with Crippen molar-refractivity contribution in [2.24, 2.45) is 17.8 Å². The van der Waals surface area contributed by atoms with E-state index in [4.69, 9.17) is 0 Å². The molecule has 1 rings (SSSR count). The van der Waals surface area contributed by atoms with E-state index in [1.165, 1.54) is 38.5 Å². The normalized spacial score (nSPS) is 26.0. The van der Waals surface area contributed by atoms with E-state index < -0.39 is 0 Å². The van der Waals surface area contributed by atoms with Crippen molar-refractivity contribution >= 4 is 5.78 Å². The summed E-state index contributed by atoms with van der Waals surface area (Å²) in [5.41, 5.74) is 0. The molecule has 1 aliphatic carbocycles. The summed E-state index contributed by atoms with van der Waals surface area (Å²) >= 11 is 0. The highest BCUT2D eigenvalue weighted by Crippen LogP contribution is 2.32. The van der Waals surface area contributed by atoms with E-state index in [0.717, 1.165) is 18.8 Å². The second-order valence-corrected chi connectivity index (χ2v) is 5.91. The van der Waals surface area contributed by atoms with Crippen molar-refractivity contribution in [2.75, 3.05) is 0 Å². The van der Waals surface area contributed by atoms with E-state index in [1.54, 1.807) is 0 Å². The van der Waals surface area contributed by atoms with Crippen LogP contribution in [0.15, 0.2) is 0 Å². The predicted molar refractivity (Wildman–Crippen MR) is 69.4 cm³/mol. The fourth-order valence-electron chi connectivity index (χ4n) is 2.82. The minimum atomic E-state index is 0.409. The Labute approximate surface area is 101 Å². The van der Waals surface area contributed by atoms with Crippen molar-refractivity contribution in [2.45, 2.75) is 72.1 Å². The Kier molecular flexibility index (Phi) is 6.08. The van der Waals surface area contributed by atoms with Crippen LogP contribution in [-0.4, -0.2) is 5.78 Å². The van der Waals surface area contributed by atoms with Gasteiger partial charge in [0.15, 0.2) is 0 Å². The second kappa shape index (κ2) is 7.09. The molecule has 0 aromatic heterocycles. The Morgan fingerprint density at radius 1 is 1.19 bits per heavy atom. The first-order valence-corrected chi connectivity index (χ1v) is 7.16. The smallest absolute Gasteiger partial charge is 0.135 e. The molecule has 1 saturated carbocycles. The third kappa shape index (κ3) is 4.67. The second-order valence-electron chi connectivity index (χ2n) is 5.91. The van der Waals surface area contributed by atoms with Gasteiger partial charge in [-0.15, -0.1) is 0 Å². The summed E-state index contributed by atoms with van der Waals surface area (Å²) in [6.07, 6.45) is 9.50. The number of Topliss-reactive ketones (excluding diaryl/α,β-unsaturated/α-hetero) is 1. The van der Waals surface area contributed by atoms with E-state index in [1.807, 2.05) is 0 Å². The van der Waals surface area contributed by atoms with Crippen LogP contribution in [0.4, 0.5) is 0 Å². The van der Waals surface area contributed by atoms with Crippen molar-refractivity contribution < 1.29 is 4.79 Å². The molecule has 0 aliphatic heterocycles. The molecule has 1 nitrogen and oxygen atoms in total. The molecule has 0 N–H and O–H groups in total. The lowest BCUT2D eigenvalue weighted by Gasteiger charge is -2.27. The lowest BCUT2D eigenvalue weighted by molar-refractivity contribution is -0.124. The molecule has 0 atom stereocenters. The van der Waals surface area contributed by atoms with E-state index >= 15 is 0 Å². The first-order chi connectivity index (χ1) is 7.63. The largest absolute Gasteiger partial charge is 0.299 e. The minimum Gasteiger partial charge on any atom is -0.299 e. The molecule has 0 saturated heterocycles. The van der Waals surface area contributed by atoms with Gasteiger partial charge in [-0.3, -0.25) is 4.79 Å². The van der Waals surface area contributed by atoms with Crippen LogP contribution < -0.4 is 0 Å². The summed E-state index contributed by atoms with van der Waals surface area (Å²) < 4.78 is 0. The SMILES string of the molecule is CCCC1CCC(C(=O)CCC(C)C)CC1. The third-order valence-electron chi connectivity index (χ3n) is 3.97. The minimum absolute atomic E-state index is 0.409. The van der Waals surface area contributed by atoms with Crippen LogP contribution in [0.5, 0.6) is 0 Å². The Morgan fingerprint density at radius 3 is 2.31 bits per heavy atom. The van der Waals surface area contributed by atoms with Gasteiger partial charge in [-0.2, -0.15) is 0 Å². The van der Waals surface area contributed by atoms with Gasteiger partial charge in [-0.25, -0.2) is 0 Å². The van der Waals surface area contributed by atoms with Crippen LogP contribution in [-0.2, 0) is 4.79 Å². The first-order valence-electron chi connectivity index (χ1n) is 7.16. The number of carbonyl (C=O) groups excluding carboxylic acids is 1. The van der Waals surface area contributed by atoms with Crippen LogP contribution in [0, 0.1) is 17.8 Å². The van der Waals surface area contributed by atoms with Gasteiger partial charge in [0.2, 0.25) is 0 Å². The van der Waals surface area contributed by atoms with E-state index in [2.05, 4.69) is 20.8 Å². The molecule has 1 fully saturated rings. The van der Waals surface area contributed by atoms with Gasteiger partial charge in [0.25, 0.3) is 0 Å². The Morgan fingerprint density at radius 2 is 1.81 bits per heavy atom. The molecule has 94 valence electrons. The van der Waals surface area contributed by atoms with E-state index in [9.17, 15) is 4.79 Å². The van der Waals surface area contributed by atoms with Crippen LogP contribution in [0.1, 0.15) is 72.1 Å². The van der Waals surface area contributed by atoms with Crippen molar-refractivity contribution in [1.29, 1.82) is 0 Å². The highest BCUT2D eigenvalue weighted by molar-refractivity contribution is 5.81. The molecule has 1 aliphatic rings. The van der Waals surface area contributed by atoms with Crippen molar-refractivity contribution in [3.8, 4) is 0 Å². The number of hydrogen-bond acceptors (Lipinski definition) is 1. The van der Waals surface area contributed by atoms with Crippen LogP contribution in [0.2, 0.25) is 0 Å². The fraction of sp³-hybridized carbons (Fsp3) is 0.933. The molecule has 0 spiro atoms. The first kappa shape index (κ1) is 13.7. The molecule has 0 aromatic rings. The van der Waals surface area contributed by atoms with E-state index in [-0.39, 0.29) is 0 Å². The van der Waals surface area contributed by atoms with Gasteiger partial charge in [-0.05, 0) is 43.9 Å². The summed E-state index contributed by atoms with van der Waals surface area (Å²) in [5, 5.41) is 0. The predicted octanol–water partition coefficient (Wildman–Crippen LogP) is 4.60. The number of ketones is 1. The van der Waals surface area contributed by atoms with Gasteiger partial charge in [-0.1, -0.05) is 33.6 Å². The molecule has 0 radical (unpaired) electrons. The topological polar surface area (TPSA) is 17.1 Å². The maximum absolute atomic E-state index is 12.0. The molecule has 0 amide bonds. The highest BCUT2D eigenvalue weighted by Gasteiger charge is 2.25. The Balaban J connectivity index is 2.22. The zero-order valence-electron chi connectivity index (χ0n) is 11.3. The van der Waals surface area contributed by atoms with Gasteiger partial charge in [0.1, 0.15) is 5.78 Å². The average Bonchev–Trinajstić information content (AvgIpc) is 2.27.